The fourth-order valence-corrected chi connectivity index (χ4v) is 3.56. The molecule has 2 rings (SSSR count). The molecule has 0 bridgehead atoms. The molecule has 76 valence electrons. The Labute approximate surface area is 91.0 Å². The van der Waals surface area contributed by atoms with Crippen molar-refractivity contribution in [2.75, 3.05) is 0 Å². The zero-order chi connectivity index (χ0) is 10.3. The third-order valence-electron chi connectivity index (χ3n) is 2.52. The van der Waals surface area contributed by atoms with Crippen LogP contribution >= 0.6 is 11.6 Å². The van der Waals surface area contributed by atoms with Crippen molar-refractivity contribution in [3.63, 3.8) is 0 Å². The van der Waals surface area contributed by atoms with Crippen molar-refractivity contribution in [3.05, 3.63) is 34.9 Å². The summed E-state index contributed by atoms with van der Waals surface area (Å²) in [5.41, 5.74) is 1.70. The molecule has 1 heterocycles. The van der Waals surface area contributed by atoms with Gasteiger partial charge in [0.25, 0.3) is 0 Å². The summed E-state index contributed by atoms with van der Waals surface area (Å²) in [5, 5.41) is 0.798. The standard InChI is InChI=1S/C11H15ClOSi/c1-14(2,3)11-10(13-11)8-5-4-6-9(12)7-8/h4-7,10-11H,1-3H3/t10-,11-/m1/s1. The minimum atomic E-state index is -1.15. The monoisotopic (exact) mass is 226 g/mol. The number of ether oxygens (including phenoxy) is 1. The van der Waals surface area contributed by atoms with Gasteiger partial charge in [-0.3, -0.25) is 0 Å². The van der Waals surface area contributed by atoms with Crippen LogP contribution in [0.1, 0.15) is 11.7 Å². The predicted octanol–water partition coefficient (Wildman–Crippen LogP) is 3.66. The second kappa shape index (κ2) is 3.37. The Morgan fingerprint density at radius 2 is 2.00 bits per heavy atom. The summed E-state index contributed by atoms with van der Waals surface area (Å²) in [4.78, 5) is 0. The van der Waals surface area contributed by atoms with Crippen LogP contribution in [0.25, 0.3) is 0 Å². The molecule has 1 aromatic carbocycles. The highest BCUT2D eigenvalue weighted by Gasteiger charge is 2.48. The van der Waals surface area contributed by atoms with Crippen LogP contribution in [0, 0.1) is 0 Å². The Bertz CT molecular complexity index is 345. The highest BCUT2D eigenvalue weighted by molar-refractivity contribution is 6.78. The molecule has 0 radical (unpaired) electrons. The van der Waals surface area contributed by atoms with E-state index in [0.717, 1.165) is 5.02 Å². The van der Waals surface area contributed by atoms with Crippen molar-refractivity contribution in [3.8, 4) is 0 Å². The van der Waals surface area contributed by atoms with Crippen molar-refractivity contribution >= 4 is 19.7 Å². The molecular formula is C11H15ClOSi. The first kappa shape index (κ1) is 10.2. The van der Waals surface area contributed by atoms with Crippen LogP contribution in [0.2, 0.25) is 24.7 Å². The van der Waals surface area contributed by atoms with E-state index in [9.17, 15) is 0 Å². The zero-order valence-electron chi connectivity index (χ0n) is 8.75. The van der Waals surface area contributed by atoms with Crippen molar-refractivity contribution in [2.45, 2.75) is 31.5 Å². The number of hydrogen-bond donors (Lipinski definition) is 0. The quantitative estimate of drug-likeness (QED) is 0.554. The van der Waals surface area contributed by atoms with E-state index >= 15 is 0 Å². The zero-order valence-corrected chi connectivity index (χ0v) is 10.5. The molecule has 0 aliphatic carbocycles. The van der Waals surface area contributed by atoms with E-state index in [4.69, 9.17) is 16.3 Å². The second-order valence-corrected chi connectivity index (χ2v) is 10.6. The van der Waals surface area contributed by atoms with E-state index in [1.165, 1.54) is 5.56 Å². The molecule has 3 heteroatoms. The fourth-order valence-electron chi connectivity index (χ4n) is 1.71. The van der Waals surface area contributed by atoms with Crippen molar-refractivity contribution in [1.82, 2.24) is 0 Å². The van der Waals surface area contributed by atoms with Crippen LogP contribution in [0.5, 0.6) is 0 Å². The van der Waals surface area contributed by atoms with Gasteiger partial charge in [-0.25, -0.2) is 0 Å². The first-order valence-corrected chi connectivity index (χ1v) is 8.85. The molecule has 0 unspecified atom stereocenters. The van der Waals surface area contributed by atoms with E-state index in [2.05, 4.69) is 25.7 Å². The molecule has 0 aromatic heterocycles. The number of rotatable bonds is 2. The molecule has 2 atom stereocenters. The van der Waals surface area contributed by atoms with E-state index in [0.29, 0.717) is 11.8 Å². The van der Waals surface area contributed by atoms with Crippen molar-refractivity contribution in [2.24, 2.45) is 0 Å². The number of benzene rings is 1. The second-order valence-electron chi connectivity index (χ2n) is 4.90. The van der Waals surface area contributed by atoms with Gasteiger partial charge in [-0.2, -0.15) is 0 Å². The highest BCUT2D eigenvalue weighted by atomic mass is 35.5. The van der Waals surface area contributed by atoms with Gasteiger partial charge in [0.15, 0.2) is 0 Å². The third kappa shape index (κ3) is 2.02. The van der Waals surface area contributed by atoms with E-state index in [-0.39, 0.29) is 0 Å². The normalized spacial score (nSPS) is 26.3. The van der Waals surface area contributed by atoms with Gasteiger partial charge >= 0.3 is 0 Å². The summed E-state index contributed by atoms with van der Waals surface area (Å²) in [7, 11) is -1.15. The van der Waals surface area contributed by atoms with Crippen LogP contribution < -0.4 is 0 Å². The van der Waals surface area contributed by atoms with Crippen LogP contribution in [0.4, 0.5) is 0 Å². The predicted molar refractivity (Wildman–Crippen MR) is 62.4 cm³/mol. The average Bonchev–Trinajstić information content (AvgIpc) is 2.81. The van der Waals surface area contributed by atoms with E-state index < -0.39 is 8.07 Å². The lowest BCUT2D eigenvalue weighted by atomic mass is 10.2. The largest absolute Gasteiger partial charge is 0.368 e. The summed E-state index contributed by atoms with van der Waals surface area (Å²) >= 11 is 5.93. The minimum Gasteiger partial charge on any atom is -0.368 e. The fraction of sp³-hybridized carbons (Fsp3) is 0.455. The van der Waals surface area contributed by atoms with Gasteiger partial charge in [0.1, 0.15) is 6.10 Å². The number of halogens is 1. The van der Waals surface area contributed by atoms with Crippen LogP contribution in [0.15, 0.2) is 24.3 Å². The first-order valence-electron chi connectivity index (χ1n) is 4.89. The molecule has 1 nitrogen and oxygen atoms in total. The summed E-state index contributed by atoms with van der Waals surface area (Å²) < 4.78 is 5.73. The maximum atomic E-state index is 5.93. The first-order chi connectivity index (χ1) is 6.48. The van der Waals surface area contributed by atoms with Gasteiger partial charge < -0.3 is 4.74 Å². The molecule has 1 aromatic rings. The third-order valence-corrected chi connectivity index (χ3v) is 4.90. The molecule has 0 saturated carbocycles. The highest BCUT2D eigenvalue weighted by Crippen LogP contribution is 2.44. The van der Waals surface area contributed by atoms with Gasteiger partial charge in [-0.1, -0.05) is 43.4 Å². The Hall–Kier alpha value is -0.313. The lowest BCUT2D eigenvalue weighted by Gasteiger charge is -2.11. The van der Waals surface area contributed by atoms with Crippen molar-refractivity contribution < 1.29 is 4.74 Å². The molecule has 1 aliphatic heterocycles. The number of hydrogen-bond acceptors (Lipinski definition) is 1. The lowest BCUT2D eigenvalue weighted by Crippen LogP contribution is -2.29. The van der Waals surface area contributed by atoms with Gasteiger partial charge in [-0.05, 0) is 17.7 Å². The maximum Gasteiger partial charge on any atom is 0.106 e. The van der Waals surface area contributed by atoms with E-state index in [1.807, 2.05) is 18.2 Å². The molecule has 1 fully saturated rings. The maximum absolute atomic E-state index is 5.93. The average molecular weight is 227 g/mol. The Morgan fingerprint density at radius 3 is 2.50 bits per heavy atom. The summed E-state index contributed by atoms with van der Waals surface area (Å²) in [6.45, 7) is 7.01. The molecule has 0 amide bonds. The Morgan fingerprint density at radius 1 is 1.29 bits per heavy atom. The van der Waals surface area contributed by atoms with Gasteiger partial charge in [0.2, 0.25) is 0 Å². The smallest absolute Gasteiger partial charge is 0.106 e. The molecular weight excluding hydrogens is 212 g/mol. The topological polar surface area (TPSA) is 12.5 Å². The van der Waals surface area contributed by atoms with Crippen LogP contribution in [-0.4, -0.2) is 13.8 Å². The Kier molecular flexibility index (Phi) is 2.46. The van der Waals surface area contributed by atoms with E-state index in [1.54, 1.807) is 0 Å². The summed E-state index contributed by atoms with van der Waals surface area (Å²) in [6.07, 6.45) is 0.306. The Balaban J connectivity index is 2.14. The summed E-state index contributed by atoms with van der Waals surface area (Å²) in [5.74, 6) is 0. The van der Waals surface area contributed by atoms with Crippen molar-refractivity contribution in [1.29, 1.82) is 0 Å². The van der Waals surface area contributed by atoms with Crippen LogP contribution in [0.3, 0.4) is 0 Å². The van der Waals surface area contributed by atoms with Crippen LogP contribution in [-0.2, 0) is 4.74 Å². The molecule has 1 saturated heterocycles. The van der Waals surface area contributed by atoms with Gasteiger partial charge in [0.05, 0.1) is 13.8 Å². The van der Waals surface area contributed by atoms with Gasteiger partial charge in [0, 0.05) is 5.02 Å². The molecule has 14 heavy (non-hydrogen) atoms. The van der Waals surface area contributed by atoms with Gasteiger partial charge in [-0.15, -0.1) is 0 Å². The molecule has 1 aliphatic rings. The minimum absolute atomic E-state index is 0.306. The molecule has 0 N–H and O–H groups in total. The number of epoxide rings is 1. The molecule has 0 spiro atoms. The summed E-state index contributed by atoms with van der Waals surface area (Å²) in [6, 6.07) is 7.99. The lowest BCUT2D eigenvalue weighted by molar-refractivity contribution is 0.400. The SMILES string of the molecule is C[Si](C)(C)[C@H]1O[C@@H]1c1cccc(Cl)c1.